The lowest BCUT2D eigenvalue weighted by Crippen LogP contribution is -2.34. The molecular formula is C20H27N3O4. The number of carbonyl (C=O) groups excluding carboxylic acids is 2. The van der Waals surface area contributed by atoms with Crippen molar-refractivity contribution in [2.24, 2.45) is 0 Å². The molecule has 0 aliphatic heterocycles. The summed E-state index contributed by atoms with van der Waals surface area (Å²) in [7, 11) is 0. The summed E-state index contributed by atoms with van der Waals surface area (Å²) in [5.41, 5.74) is 1.63. The highest BCUT2D eigenvalue weighted by Crippen LogP contribution is 2.15. The first-order chi connectivity index (χ1) is 12.7. The average Bonchev–Trinajstić information content (AvgIpc) is 3.07. The Balaban J connectivity index is 1.87. The van der Waals surface area contributed by atoms with E-state index >= 15 is 0 Å². The maximum atomic E-state index is 12.1. The van der Waals surface area contributed by atoms with Crippen LogP contribution in [0.15, 0.2) is 34.9 Å². The Kier molecular flexibility index (Phi) is 6.60. The van der Waals surface area contributed by atoms with Gasteiger partial charge in [0, 0.05) is 13.0 Å². The Hall–Kier alpha value is -2.83. The molecule has 7 heteroatoms. The summed E-state index contributed by atoms with van der Waals surface area (Å²) in [5.74, 6) is 0.262. The van der Waals surface area contributed by atoms with Crippen LogP contribution in [0.4, 0.5) is 4.79 Å². The molecule has 0 radical (unpaired) electrons. The highest BCUT2D eigenvalue weighted by Gasteiger charge is 2.18. The highest BCUT2D eigenvalue weighted by atomic mass is 16.6. The number of carbonyl (C=O) groups is 2. The topological polar surface area (TPSA) is 93.5 Å². The van der Waals surface area contributed by atoms with Crippen molar-refractivity contribution in [1.82, 2.24) is 15.6 Å². The van der Waals surface area contributed by atoms with Crippen LogP contribution in [-0.2, 0) is 17.7 Å². The molecule has 2 aromatic rings. The number of aryl methyl sites for hydroxylation is 1. The van der Waals surface area contributed by atoms with Gasteiger partial charge in [-0.05, 0) is 38.8 Å². The van der Waals surface area contributed by atoms with Crippen molar-refractivity contribution in [2.45, 2.75) is 59.2 Å². The first kappa shape index (κ1) is 20.5. The molecular weight excluding hydrogens is 346 g/mol. The van der Waals surface area contributed by atoms with E-state index in [1.807, 2.05) is 58.9 Å². The number of hydrogen-bond acceptors (Lipinski definition) is 5. The van der Waals surface area contributed by atoms with Gasteiger partial charge in [0.25, 0.3) is 5.91 Å². The predicted molar refractivity (Wildman–Crippen MR) is 101 cm³/mol. The molecule has 0 saturated carbocycles. The molecule has 2 N–H and O–H groups in total. The van der Waals surface area contributed by atoms with E-state index in [4.69, 9.17) is 9.15 Å². The number of ether oxygens (including phenoxy) is 1. The van der Waals surface area contributed by atoms with Gasteiger partial charge in [0.2, 0.25) is 0 Å². The van der Waals surface area contributed by atoms with Crippen molar-refractivity contribution in [3.8, 4) is 0 Å². The van der Waals surface area contributed by atoms with Gasteiger partial charge in [-0.15, -0.1) is 0 Å². The molecule has 7 nitrogen and oxygen atoms in total. The highest BCUT2D eigenvalue weighted by molar-refractivity contribution is 5.91. The zero-order valence-corrected chi connectivity index (χ0v) is 16.5. The number of nitrogens with zero attached hydrogens (tertiary/aromatic N) is 1. The van der Waals surface area contributed by atoms with Crippen LogP contribution < -0.4 is 10.6 Å². The number of nitrogens with one attached hydrogen (secondary N) is 2. The number of alkyl carbamates (subject to hydrolysis) is 1. The number of amides is 2. The van der Waals surface area contributed by atoms with Crippen molar-refractivity contribution in [1.29, 1.82) is 0 Å². The molecule has 2 rings (SSSR count). The summed E-state index contributed by atoms with van der Waals surface area (Å²) < 4.78 is 10.4. The van der Waals surface area contributed by atoms with Crippen molar-refractivity contribution < 1.29 is 18.7 Å². The van der Waals surface area contributed by atoms with Crippen LogP contribution in [0.1, 0.15) is 68.2 Å². The molecule has 2 amide bonds. The fraction of sp³-hybridized carbons (Fsp3) is 0.450. The third-order valence-electron chi connectivity index (χ3n) is 3.75. The molecule has 0 saturated heterocycles. The Morgan fingerprint density at radius 1 is 1.22 bits per heavy atom. The Bertz CT molecular complexity index is 775. The smallest absolute Gasteiger partial charge is 0.408 e. The molecule has 0 aliphatic rings. The van der Waals surface area contributed by atoms with Gasteiger partial charge in [-0.25, -0.2) is 9.78 Å². The molecule has 1 heterocycles. The van der Waals surface area contributed by atoms with Gasteiger partial charge in [-0.1, -0.05) is 31.2 Å². The number of rotatable bonds is 6. The van der Waals surface area contributed by atoms with Gasteiger partial charge >= 0.3 is 6.09 Å². The van der Waals surface area contributed by atoms with Crippen molar-refractivity contribution in [3.63, 3.8) is 0 Å². The number of aromatic nitrogens is 1. The number of hydrogen-bond donors (Lipinski definition) is 2. The first-order valence-corrected chi connectivity index (χ1v) is 8.99. The van der Waals surface area contributed by atoms with E-state index in [0.717, 1.165) is 11.1 Å². The van der Waals surface area contributed by atoms with E-state index in [1.54, 1.807) is 0 Å². The fourth-order valence-corrected chi connectivity index (χ4v) is 2.34. The van der Waals surface area contributed by atoms with E-state index < -0.39 is 11.7 Å². The Labute approximate surface area is 159 Å². The lowest BCUT2D eigenvalue weighted by molar-refractivity contribution is 0.0507. The maximum Gasteiger partial charge on any atom is 0.408 e. The maximum absolute atomic E-state index is 12.1. The molecule has 1 aromatic heterocycles. The van der Waals surface area contributed by atoms with Gasteiger partial charge in [0.05, 0.1) is 6.04 Å². The normalized spacial score (nSPS) is 12.3. The van der Waals surface area contributed by atoms with Gasteiger partial charge in [-0.2, -0.15) is 0 Å². The monoisotopic (exact) mass is 373 g/mol. The minimum Gasteiger partial charge on any atom is -0.448 e. The van der Waals surface area contributed by atoms with E-state index in [2.05, 4.69) is 15.6 Å². The standard InChI is InChI=1S/C20H27N3O4/c1-6-17-23-16(12-26-17)18(24)21-11-14-7-9-15(10-8-14)13(2)22-19(25)27-20(3,4)5/h7-10,12-13H,6,11H2,1-5H3,(H,21,24)(H,22,25)/t13-/m0/s1. The molecule has 0 aliphatic carbocycles. The van der Waals surface area contributed by atoms with Crippen molar-refractivity contribution >= 4 is 12.0 Å². The van der Waals surface area contributed by atoms with Crippen LogP contribution in [0.5, 0.6) is 0 Å². The van der Waals surface area contributed by atoms with E-state index in [0.29, 0.717) is 18.9 Å². The lowest BCUT2D eigenvalue weighted by Gasteiger charge is -2.22. The van der Waals surface area contributed by atoms with Crippen molar-refractivity contribution in [3.05, 3.63) is 53.2 Å². The van der Waals surface area contributed by atoms with Crippen LogP contribution in [0.3, 0.4) is 0 Å². The summed E-state index contributed by atoms with van der Waals surface area (Å²) in [6, 6.07) is 7.45. The summed E-state index contributed by atoms with van der Waals surface area (Å²) in [6.07, 6.45) is 1.55. The molecule has 0 unspecified atom stereocenters. The summed E-state index contributed by atoms with van der Waals surface area (Å²) in [5, 5.41) is 5.61. The van der Waals surface area contributed by atoms with E-state index in [9.17, 15) is 9.59 Å². The third kappa shape index (κ3) is 6.44. The molecule has 27 heavy (non-hydrogen) atoms. The fourth-order valence-electron chi connectivity index (χ4n) is 2.34. The second-order valence-electron chi connectivity index (χ2n) is 7.27. The molecule has 0 fully saturated rings. The largest absolute Gasteiger partial charge is 0.448 e. The van der Waals surface area contributed by atoms with Gasteiger partial charge < -0.3 is 19.8 Å². The molecule has 1 atom stereocenters. The first-order valence-electron chi connectivity index (χ1n) is 8.99. The predicted octanol–water partition coefficient (Wildman–Crippen LogP) is 3.75. The van der Waals surface area contributed by atoms with Gasteiger partial charge in [0.1, 0.15) is 11.9 Å². The molecule has 146 valence electrons. The van der Waals surface area contributed by atoms with Crippen LogP contribution in [0, 0.1) is 0 Å². The summed E-state index contributed by atoms with van der Waals surface area (Å²) >= 11 is 0. The quantitative estimate of drug-likeness (QED) is 0.804. The average molecular weight is 373 g/mol. The van der Waals surface area contributed by atoms with Gasteiger partial charge in [0.15, 0.2) is 11.6 Å². The van der Waals surface area contributed by atoms with E-state index in [-0.39, 0.29) is 17.6 Å². The second kappa shape index (κ2) is 8.70. The summed E-state index contributed by atoms with van der Waals surface area (Å²) in [6.45, 7) is 9.64. The van der Waals surface area contributed by atoms with E-state index in [1.165, 1.54) is 6.26 Å². The van der Waals surface area contributed by atoms with Crippen LogP contribution >= 0.6 is 0 Å². The Morgan fingerprint density at radius 2 is 1.89 bits per heavy atom. The second-order valence-corrected chi connectivity index (χ2v) is 7.27. The van der Waals surface area contributed by atoms with Crippen LogP contribution in [0.2, 0.25) is 0 Å². The molecule has 0 bridgehead atoms. The SMILES string of the molecule is CCc1nc(C(=O)NCc2ccc([C@H](C)NC(=O)OC(C)(C)C)cc2)co1. The third-order valence-corrected chi connectivity index (χ3v) is 3.75. The van der Waals surface area contributed by atoms with Crippen LogP contribution in [-0.4, -0.2) is 22.6 Å². The minimum absolute atomic E-state index is 0.189. The zero-order chi connectivity index (χ0) is 20.0. The number of benzene rings is 1. The van der Waals surface area contributed by atoms with Crippen molar-refractivity contribution in [2.75, 3.05) is 0 Å². The molecule has 0 spiro atoms. The minimum atomic E-state index is -0.534. The van der Waals surface area contributed by atoms with Gasteiger partial charge in [-0.3, -0.25) is 4.79 Å². The lowest BCUT2D eigenvalue weighted by atomic mass is 10.1. The Morgan fingerprint density at radius 3 is 2.44 bits per heavy atom. The number of oxazole rings is 1. The van der Waals surface area contributed by atoms with Crippen LogP contribution in [0.25, 0.3) is 0 Å². The summed E-state index contributed by atoms with van der Waals surface area (Å²) in [4.78, 5) is 28.0. The molecule has 1 aromatic carbocycles. The zero-order valence-electron chi connectivity index (χ0n) is 16.5.